The van der Waals surface area contributed by atoms with Crippen LogP contribution in [0.2, 0.25) is 0 Å². The van der Waals surface area contributed by atoms with E-state index in [0.29, 0.717) is 36.1 Å². The van der Waals surface area contributed by atoms with Gasteiger partial charge < -0.3 is 9.80 Å². The molecule has 278 valence electrons. The number of rotatable bonds is 20. The summed E-state index contributed by atoms with van der Waals surface area (Å²) in [5.41, 5.74) is 2.84. The third-order valence-corrected chi connectivity index (χ3v) is 15.9. The minimum Gasteiger partial charge on any atom is -0.306 e. The van der Waals surface area contributed by atoms with Crippen molar-refractivity contribution in [3.8, 4) is 19.5 Å². The van der Waals surface area contributed by atoms with Crippen molar-refractivity contribution < 1.29 is 9.59 Å². The Kier molecular flexibility index (Phi) is 13.9. The second kappa shape index (κ2) is 18.4. The lowest BCUT2D eigenvalue weighted by molar-refractivity contribution is -0.124. The Bertz CT molecular complexity index is 1910. The minimum absolute atomic E-state index is 0.0160. The largest absolute Gasteiger partial charge is 0.306 e. The van der Waals surface area contributed by atoms with Gasteiger partial charge in [-0.05, 0) is 102 Å². The summed E-state index contributed by atoms with van der Waals surface area (Å²) in [4.78, 5) is 42.2. The van der Waals surface area contributed by atoms with E-state index in [9.17, 15) is 9.59 Å². The van der Waals surface area contributed by atoms with Crippen LogP contribution in [-0.4, -0.2) is 34.7 Å². The molecule has 0 radical (unpaired) electrons. The Balaban J connectivity index is 1.40. The maximum absolute atomic E-state index is 14.9. The summed E-state index contributed by atoms with van der Waals surface area (Å²) in [6.07, 6.45) is 13.6. The van der Waals surface area contributed by atoms with E-state index in [1.54, 1.807) is 22.7 Å². The molecule has 0 N–H and O–H groups in total. The van der Waals surface area contributed by atoms with Gasteiger partial charge in [-0.1, -0.05) is 86.0 Å². The average Bonchev–Trinajstić information content (AvgIpc) is 4.00. The number of amides is 2. The first-order chi connectivity index (χ1) is 25.3. The Morgan fingerprint density at radius 1 is 0.538 bits per heavy atom. The van der Waals surface area contributed by atoms with Gasteiger partial charge in [-0.15, -0.1) is 45.3 Å². The molecule has 6 rings (SSSR count). The van der Waals surface area contributed by atoms with E-state index in [1.165, 1.54) is 43.6 Å². The van der Waals surface area contributed by atoms with Crippen molar-refractivity contribution in [1.29, 1.82) is 0 Å². The van der Waals surface area contributed by atoms with Crippen LogP contribution in [-0.2, 0) is 16.0 Å². The highest BCUT2D eigenvalue weighted by Gasteiger charge is 2.50. The molecule has 0 aliphatic carbocycles. The van der Waals surface area contributed by atoms with Crippen LogP contribution in [0.15, 0.2) is 63.5 Å². The lowest BCUT2D eigenvalue weighted by Gasteiger charge is -2.29. The molecule has 2 unspecified atom stereocenters. The lowest BCUT2D eigenvalue weighted by Crippen LogP contribution is -2.34. The molecule has 4 nitrogen and oxygen atoms in total. The molecule has 2 aliphatic heterocycles. The Labute approximate surface area is 335 Å². The molecule has 2 aliphatic rings. The van der Waals surface area contributed by atoms with Gasteiger partial charge in [-0.2, -0.15) is 0 Å². The van der Waals surface area contributed by atoms with Crippen LogP contribution < -0.4 is 0 Å². The predicted molar refractivity (Wildman–Crippen MR) is 230 cm³/mol. The van der Waals surface area contributed by atoms with Crippen LogP contribution in [0.3, 0.4) is 0 Å². The Morgan fingerprint density at radius 2 is 0.981 bits per heavy atom. The summed E-state index contributed by atoms with van der Waals surface area (Å²) in [6.45, 7) is 12.4. The van der Waals surface area contributed by atoms with Crippen molar-refractivity contribution >= 4 is 84.5 Å². The van der Waals surface area contributed by atoms with E-state index in [0.717, 1.165) is 82.7 Å². The number of nitrogens with zero attached hydrogens (tertiary/aromatic N) is 2. The summed E-state index contributed by atoms with van der Waals surface area (Å²) in [5, 5.41) is 0. The van der Waals surface area contributed by atoms with Crippen molar-refractivity contribution in [2.75, 3.05) is 13.1 Å². The molecule has 4 aromatic rings. The Hall–Kier alpha value is -2.30. The number of carbonyl (C=O) groups excluding carboxylic acids is 2. The zero-order valence-electron chi connectivity index (χ0n) is 31.4. The molecule has 0 saturated heterocycles. The van der Waals surface area contributed by atoms with E-state index < -0.39 is 0 Å². The van der Waals surface area contributed by atoms with Gasteiger partial charge in [0.05, 0.1) is 36.1 Å². The fraction of sp³-hybridized carbons (Fsp3) is 0.488. The van der Waals surface area contributed by atoms with Gasteiger partial charge in [0.1, 0.15) is 0 Å². The second-order valence-electron chi connectivity index (χ2n) is 14.3. The molecule has 4 aromatic heterocycles. The molecule has 2 amide bonds. The number of carbonyl (C=O) groups is 2. The fourth-order valence-corrected chi connectivity index (χ4v) is 12.2. The van der Waals surface area contributed by atoms with Crippen LogP contribution in [0.1, 0.15) is 120 Å². The monoisotopic (exact) mass is 836 g/mol. The van der Waals surface area contributed by atoms with E-state index in [1.807, 2.05) is 38.5 Å². The molecule has 0 aromatic carbocycles. The second-order valence-corrected chi connectivity index (χ2v) is 20.1. The first kappa shape index (κ1) is 39.4. The molecule has 0 spiro atoms. The highest BCUT2D eigenvalue weighted by Crippen LogP contribution is 2.51. The topological polar surface area (TPSA) is 40.6 Å². The maximum Gasteiger partial charge on any atom is 0.261 e. The van der Waals surface area contributed by atoms with Crippen LogP contribution in [0.25, 0.3) is 30.9 Å². The minimum atomic E-state index is -0.0160. The van der Waals surface area contributed by atoms with Crippen molar-refractivity contribution in [3.63, 3.8) is 0 Å². The molecule has 52 heavy (non-hydrogen) atoms. The average molecular weight is 838 g/mol. The van der Waals surface area contributed by atoms with Gasteiger partial charge in [-0.3, -0.25) is 9.59 Å². The van der Waals surface area contributed by atoms with Gasteiger partial charge >= 0.3 is 0 Å². The van der Waals surface area contributed by atoms with Crippen LogP contribution in [0.5, 0.6) is 0 Å². The van der Waals surface area contributed by atoms with Gasteiger partial charge in [0, 0.05) is 37.5 Å². The van der Waals surface area contributed by atoms with Gasteiger partial charge in [0.2, 0.25) is 0 Å². The molecular formula is C43H53BrN2O2S4. The molecule has 0 fully saturated rings. The summed E-state index contributed by atoms with van der Waals surface area (Å²) in [6, 6.07) is 17.5. The first-order valence-corrected chi connectivity index (χ1v) is 23.5. The van der Waals surface area contributed by atoms with Gasteiger partial charge in [0.25, 0.3) is 11.8 Å². The van der Waals surface area contributed by atoms with E-state index >= 15 is 0 Å². The molecule has 6 heterocycles. The standard InChI is InChI=1S/C43H53BrN2O2S4/c1-6-11-14-17-30-18-19-31(49-30)32-20-21-33(50-32)34-22-23-35(51-34)40-38-39(43(48)45(40)26-28(9-4)15-12-7-2)41(36-24-25-37(44)52-36)46(42(38)47)27-29(10-5)16-13-8-3/h18-25,28-29H,6-17,26-27H2,1-5H3. The summed E-state index contributed by atoms with van der Waals surface area (Å²) in [7, 11) is 0. The molecule has 0 saturated carbocycles. The number of halogens is 1. The number of hydrogen-bond donors (Lipinski definition) is 0. The molecule has 9 heteroatoms. The van der Waals surface area contributed by atoms with Gasteiger partial charge in [0.15, 0.2) is 0 Å². The predicted octanol–water partition coefficient (Wildman–Crippen LogP) is 14.0. The van der Waals surface area contributed by atoms with Crippen molar-refractivity contribution in [3.05, 3.63) is 78.1 Å². The number of thiophene rings is 4. The zero-order chi connectivity index (χ0) is 36.8. The lowest BCUT2D eigenvalue weighted by atomic mass is 9.98. The molecule has 0 bridgehead atoms. The Morgan fingerprint density at radius 3 is 1.46 bits per heavy atom. The summed E-state index contributed by atoms with van der Waals surface area (Å²) < 4.78 is 1.00. The quantitative estimate of drug-likeness (QED) is 0.0832. The third-order valence-electron chi connectivity index (χ3n) is 10.6. The normalized spacial score (nSPS) is 15.9. The van der Waals surface area contributed by atoms with E-state index in [4.69, 9.17) is 0 Å². The van der Waals surface area contributed by atoms with Crippen molar-refractivity contribution in [1.82, 2.24) is 9.80 Å². The molecule has 2 atom stereocenters. The maximum atomic E-state index is 14.9. The first-order valence-electron chi connectivity index (χ1n) is 19.5. The highest BCUT2D eigenvalue weighted by molar-refractivity contribution is 9.11. The van der Waals surface area contributed by atoms with Crippen LogP contribution in [0.4, 0.5) is 0 Å². The van der Waals surface area contributed by atoms with E-state index in [2.05, 4.69) is 93.0 Å². The highest BCUT2D eigenvalue weighted by atomic mass is 79.9. The smallest absolute Gasteiger partial charge is 0.261 e. The van der Waals surface area contributed by atoms with Crippen LogP contribution >= 0.6 is 61.3 Å². The number of unbranched alkanes of at least 4 members (excludes halogenated alkanes) is 4. The summed E-state index contributed by atoms with van der Waals surface area (Å²) in [5.74, 6) is 0.725. The van der Waals surface area contributed by atoms with Crippen molar-refractivity contribution in [2.24, 2.45) is 11.8 Å². The zero-order valence-corrected chi connectivity index (χ0v) is 36.2. The molecular weight excluding hydrogens is 785 g/mol. The van der Waals surface area contributed by atoms with Gasteiger partial charge in [-0.25, -0.2) is 0 Å². The number of aryl methyl sites for hydroxylation is 1. The fourth-order valence-electron chi connectivity index (χ4n) is 7.44. The number of hydrogen-bond acceptors (Lipinski definition) is 6. The third kappa shape index (κ3) is 8.49. The van der Waals surface area contributed by atoms with Crippen LogP contribution in [0, 0.1) is 11.8 Å². The van der Waals surface area contributed by atoms with E-state index in [-0.39, 0.29) is 11.8 Å². The van der Waals surface area contributed by atoms with Crippen molar-refractivity contribution in [2.45, 2.75) is 112 Å². The summed E-state index contributed by atoms with van der Waals surface area (Å²) >= 11 is 10.7. The SMILES string of the molecule is CCCCCc1ccc(-c2ccc(-c3ccc(C4=C5C(=O)N(CC(CC)CCCC)C(c6ccc(Br)s6)=C5C(=O)N4CC(CC)CCCC)s3)s2)s1. The number of fused-ring (bicyclic) bond motifs is 1.